The van der Waals surface area contributed by atoms with Gasteiger partial charge in [0, 0.05) is 25.2 Å². The molecule has 1 aromatic heterocycles. The van der Waals surface area contributed by atoms with Crippen LogP contribution in [0.5, 0.6) is 0 Å². The normalized spacial score (nSPS) is 11.3. The van der Waals surface area contributed by atoms with Gasteiger partial charge >= 0.3 is 0 Å². The number of nitrogens with one attached hydrogen (secondary N) is 2. The molecular formula is C20H32IN5O. The highest BCUT2D eigenvalue weighted by molar-refractivity contribution is 14.0. The molecule has 2 N–H and O–H groups in total. The third-order valence-corrected chi connectivity index (χ3v) is 4.02. The number of aromatic nitrogens is 1. The molecule has 0 saturated heterocycles. The van der Waals surface area contributed by atoms with Crippen LogP contribution in [-0.4, -0.2) is 48.6 Å². The van der Waals surface area contributed by atoms with Crippen LogP contribution in [0.15, 0.2) is 46.0 Å². The summed E-state index contributed by atoms with van der Waals surface area (Å²) in [5.41, 5.74) is 1.80. The van der Waals surface area contributed by atoms with Gasteiger partial charge in [0.1, 0.15) is 12.0 Å². The van der Waals surface area contributed by atoms with Crippen LogP contribution in [0.25, 0.3) is 11.5 Å². The van der Waals surface area contributed by atoms with Gasteiger partial charge in [-0.05, 0) is 38.6 Å². The summed E-state index contributed by atoms with van der Waals surface area (Å²) in [4.78, 5) is 11.6. The Bertz CT molecular complexity index is 659. The fourth-order valence-electron chi connectivity index (χ4n) is 2.67. The largest absolute Gasteiger partial charge is 0.444 e. The van der Waals surface area contributed by atoms with E-state index in [0.29, 0.717) is 12.4 Å². The maximum absolute atomic E-state index is 5.57. The number of rotatable bonds is 10. The lowest BCUT2D eigenvalue weighted by atomic mass is 10.2. The monoisotopic (exact) mass is 485 g/mol. The fourth-order valence-corrected chi connectivity index (χ4v) is 2.67. The molecule has 0 aliphatic heterocycles. The van der Waals surface area contributed by atoms with Crippen LogP contribution in [0.1, 0.15) is 32.9 Å². The molecule has 6 nitrogen and oxygen atoms in total. The maximum Gasteiger partial charge on any atom is 0.226 e. The Labute approximate surface area is 179 Å². The van der Waals surface area contributed by atoms with Crippen LogP contribution in [0, 0.1) is 0 Å². The van der Waals surface area contributed by atoms with Crippen molar-refractivity contribution in [3.8, 4) is 11.5 Å². The summed E-state index contributed by atoms with van der Waals surface area (Å²) >= 11 is 0. The van der Waals surface area contributed by atoms with Gasteiger partial charge < -0.3 is 20.0 Å². The van der Waals surface area contributed by atoms with Crippen molar-refractivity contribution in [1.29, 1.82) is 0 Å². The molecule has 2 rings (SSSR count). The Balaban J connectivity index is 0.00000364. The molecule has 0 aliphatic rings. The highest BCUT2D eigenvalue weighted by atomic mass is 127. The SMILES string of the molecule is CCCN(CC)CCNC(=NCc1coc(-c2ccccc2)n1)NCC.I. The minimum absolute atomic E-state index is 0. The molecular weight excluding hydrogens is 453 g/mol. The third-order valence-electron chi connectivity index (χ3n) is 4.02. The van der Waals surface area contributed by atoms with Gasteiger partial charge in [0.05, 0.1) is 6.54 Å². The Morgan fingerprint density at radius 3 is 2.56 bits per heavy atom. The van der Waals surface area contributed by atoms with E-state index in [2.05, 4.69) is 46.3 Å². The van der Waals surface area contributed by atoms with Crippen LogP contribution in [0.2, 0.25) is 0 Å². The van der Waals surface area contributed by atoms with Crippen LogP contribution < -0.4 is 10.6 Å². The zero-order valence-corrected chi connectivity index (χ0v) is 18.9. The van der Waals surface area contributed by atoms with Gasteiger partial charge in [0.15, 0.2) is 5.96 Å². The van der Waals surface area contributed by atoms with Crippen LogP contribution in [-0.2, 0) is 6.54 Å². The van der Waals surface area contributed by atoms with E-state index in [1.54, 1.807) is 6.26 Å². The van der Waals surface area contributed by atoms with Crippen molar-refractivity contribution in [2.24, 2.45) is 4.99 Å². The van der Waals surface area contributed by atoms with Crippen molar-refractivity contribution in [2.75, 3.05) is 32.7 Å². The number of guanidine groups is 1. The smallest absolute Gasteiger partial charge is 0.226 e. The number of likely N-dealkylation sites (N-methyl/N-ethyl adjacent to an activating group) is 1. The summed E-state index contributed by atoms with van der Waals surface area (Å²) in [6.07, 6.45) is 2.85. The van der Waals surface area contributed by atoms with Gasteiger partial charge in [-0.1, -0.05) is 32.0 Å². The Hall–Kier alpha value is -1.61. The summed E-state index contributed by atoms with van der Waals surface area (Å²) in [6.45, 7) is 11.9. The van der Waals surface area contributed by atoms with E-state index in [1.807, 2.05) is 30.3 Å². The fraction of sp³-hybridized carbons (Fsp3) is 0.500. The predicted molar refractivity (Wildman–Crippen MR) is 123 cm³/mol. The number of halogens is 1. The molecule has 0 radical (unpaired) electrons. The number of aliphatic imine (C=N–C) groups is 1. The molecule has 0 fully saturated rings. The van der Waals surface area contributed by atoms with Gasteiger partial charge in [-0.3, -0.25) is 0 Å². The van der Waals surface area contributed by atoms with Gasteiger partial charge in [-0.15, -0.1) is 24.0 Å². The van der Waals surface area contributed by atoms with Crippen molar-refractivity contribution >= 4 is 29.9 Å². The number of benzene rings is 1. The second-order valence-electron chi connectivity index (χ2n) is 6.07. The Kier molecular flexibility index (Phi) is 11.8. The van der Waals surface area contributed by atoms with Crippen LogP contribution >= 0.6 is 24.0 Å². The summed E-state index contributed by atoms with van der Waals surface area (Å²) in [7, 11) is 0. The number of oxazole rings is 1. The van der Waals surface area contributed by atoms with Crippen LogP contribution in [0.4, 0.5) is 0 Å². The van der Waals surface area contributed by atoms with E-state index in [1.165, 1.54) is 6.42 Å². The lowest BCUT2D eigenvalue weighted by Gasteiger charge is -2.20. The van der Waals surface area contributed by atoms with E-state index >= 15 is 0 Å². The van der Waals surface area contributed by atoms with E-state index in [9.17, 15) is 0 Å². The lowest BCUT2D eigenvalue weighted by Crippen LogP contribution is -2.41. The first-order valence-corrected chi connectivity index (χ1v) is 9.51. The van der Waals surface area contributed by atoms with Crippen molar-refractivity contribution < 1.29 is 4.42 Å². The molecule has 2 aromatic rings. The van der Waals surface area contributed by atoms with Crippen molar-refractivity contribution in [2.45, 2.75) is 33.7 Å². The third kappa shape index (κ3) is 8.30. The van der Waals surface area contributed by atoms with E-state index in [0.717, 1.165) is 49.9 Å². The molecule has 1 aromatic carbocycles. The molecule has 27 heavy (non-hydrogen) atoms. The number of hydrogen-bond acceptors (Lipinski definition) is 4. The second-order valence-corrected chi connectivity index (χ2v) is 6.07. The molecule has 0 saturated carbocycles. The molecule has 0 spiro atoms. The topological polar surface area (TPSA) is 65.7 Å². The Morgan fingerprint density at radius 2 is 1.89 bits per heavy atom. The molecule has 0 aliphatic carbocycles. The zero-order chi connectivity index (χ0) is 18.6. The number of hydrogen-bond donors (Lipinski definition) is 2. The maximum atomic E-state index is 5.57. The first-order valence-electron chi connectivity index (χ1n) is 9.51. The first-order chi connectivity index (χ1) is 12.8. The van der Waals surface area contributed by atoms with Gasteiger partial charge in [-0.2, -0.15) is 0 Å². The quantitative estimate of drug-likeness (QED) is 0.305. The minimum Gasteiger partial charge on any atom is -0.444 e. The molecule has 1 heterocycles. The molecule has 0 bridgehead atoms. The lowest BCUT2D eigenvalue weighted by molar-refractivity contribution is 0.293. The standard InChI is InChI=1S/C20H31N5O.HI/c1-4-13-25(6-3)14-12-22-20(21-5-2)23-15-18-16-26-19(24-18)17-10-8-7-9-11-17;/h7-11,16H,4-6,12-15H2,1-3H3,(H2,21,22,23);1H. The zero-order valence-electron chi connectivity index (χ0n) is 16.6. The Morgan fingerprint density at radius 1 is 1.11 bits per heavy atom. The van der Waals surface area contributed by atoms with Gasteiger partial charge in [0.2, 0.25) is 5.89 Å². The molecule has 0 atom stereocenters. The average Bonchev–Trinajstić information content (AvgIpc) is 3.15. The summed E-state index contributed by atoms with van der Waals surface area (Å²) in [5.74, 6) is 1.44. The van der Waals surface area contributed by atoms with E-state index in [4.69, 9.17) is 4.42 Å². The van der Waals surface area contributed by atoms with Gasteiger partial charge in [-0.25, -0.2) is 9.98 Å². The highest BCUT2D eigenvalue weighted by Gasteiger charge is 2.06. The second kappa shape index (κ2) is 13.5. The number of nitrogens with zero attached hydrogens (tertiary/aromatic N) is 3. The molecule has 150 valence electrons. The summed E-state index contributed by atoms with van der Waals surface area (Å²) < 4.78 is 5.57. The summed E-state index contributed by atoms with van der Waals surface area (Å²) in [6, 6.07) is 9.90. The molecule has 7 heteroatoms. The molecule has 0 unspecified atom stereocenters. The van der Waals surface area contributed by atoms with Crippen molar-refractivity contribution in [3.05, 3.63) is 42.3 Å². The predicted octanol–water partition coefficient (Wildman–Crippen LogP) is 3.75. The minimum atomic E-state index is 0. The first kappa shape index (κ1) is 23.4. The van der Waals surface area contributed by atoms with Gasteiger partial charge in [0.25, 0.3) is 0 Å². The van der Waals surface area contributed by atoms with Crippen molar-refractivity contribution in [1.82, 2.24) is 20.5 Å². The van der Waals surface area contributed by atoms with Crippen molar-refractivity contribution in [3.63, 3.8) is 0 Å². The van der Waals surface area contributed by atoms with Crippen LogP contribution in [0.3, 0.4) is 0 Å². The highest BCUT2D eigenvalue weighted by Crippen LogP contribution is 2.18. The van der Waals surface area contributed by atoms with E-state index < -0.39 is 0 Å². The van der Waals surface area contributed by atoms with E-state index in [-0.39, 0.29) is 24.0 Å². The molecule has 0 amide bonds. The average molecular weight is 485 g/mol. The summed E-state index contributed by atoms with van der Waals surface area (Å²) in [5, 5.41) is 6.67.